The first-order valence-corrected chi connectivity index (χ1v) is 11.0. The van der Waals surface area contributed by atoms with Crippen LogP contribution in [0.5, 0.6) is 0 Å². The Hall–Kier alpha value is -4.54. The van der Waals surface area contributed by atoms with E-state index in [1.54, 1.807) is 12.1 Å². The molecule has 188 valence electrons. The Bertz CT molecular complexity index is 1120. The number of carbonyl (C=O) groups is 4. The quantitative estimate of drug-likeness (QED) is 0.246. The number of carboxylic acid groups (broad SMARTS) is 2. The van der Waals surface area contributed by atoms with Gasteiger partial charge in [-0.1, -0.05) is 12.1 Å². The van der Waals surface area contributed by atoms with Crippen molar-refractivity contribution in [2.45, 2.75) is 12.8 Å². The number of hydrogen-bond donors (Lipinski definition) is 6. The number of rotatable bonds is 9. The molecule has 0 spiro atoms. The van der Waals surface area contributed by atoms with Gasteiger partial charge >= 0.3 is 11.9 Å². The average molecular weight is 493 g/mol. The van der Waals surface area contributed by atoms with Crippen LogP contribution in [0.25, 0.3) is 0 Å². The summed E-state index contributed by atoms with van der Waals surface area (Å²) in [5.41, 5.74) is 11.6. The second-order valence-electron chi connectivity index (χ2n) is 7.54. The first kappa shape index (κ1) is 27.7. The Balaban J connectivity index is 0.000000678. The van der Waals surface area contributed by atoms with E-state index in [-0.39, 0.29) is 22.3 Å². The van der Waals surface area contributed by atoms with Crippen molar-refractivity contribution in [3.8, 4) is 0 Å². The summed E-state index contributed by atoms with van der Waals surface area (Å²) in [6.45, 7) is 1.55. The van der Waals surface area contributed by atoms with Gasteiger partial charge in [-0.2, -0.15) is 0 Å². The van der Waals surface area contributed by atoms with E-state index in [1.807, 2.05) is 0 Å². The number of carbonyl (C=O) groups excluding carboxylic acids is 2. The van der Waals surface area contributed by atoms with Crippen LogP contribution in [0.2, 0.25) is 0 Å². The molecule has 0 aromatic heterocycles. The summed E-state index contributed by atoms with van der Waals surface area (Å²) in [4.78, 5) is 46.7. The molecular formula is C26H28N4O6. The van der Waals surface area contributed by atoms with Gasteiger partial charge in [-0.15, -0.1) is 0 Å². The van der Waals surface area contributed by atoms with Crippen LogP contribution < -0.4 is 22.1 Å². The lowest BCUT2D eigenvalue weighted by atomic mass is 10.1. The number of amides is 2. The van der Waals surface area contributed by atoms with E-state index in [1.165, 1.54) is 60.7 Å². The zero-order valence-electron chi connectivity index (χ0n) is 19.4. The van der Waals surface area contributed by atoms with Gasteiger partial charge in [0.15, 0.2) is 0 Å². The minimum atomic E-state index is -1.10. The zero-order valence-corrected chi connectivity index (χ0v) is 19.4. The summed E-state index contributed by atoms with van der Waals surface area (Å²) in [7, 11) is 0. The van der Waals surface area contributed by atoms with Gasteiger partial charge < -0.3 is 32.3 Å². The van der Waals surface area contributed by atoms with Gasteiger partial charge in [-0.05, 0) is 86.6 Å². The molecule has 10 heteroatoms. The van der Waals surface area contributed by atoms with Crippen molar-refractivity contribution in [2.24, 2.45) is 11.5 Å². The number of carboxylic acids is 2. The molecule has 0 fully saturated rings. The molecule has 0 aliphatic heterocycles. The largest absolute Gasteiger partial charge is 0.478 e. The molecule has 3 rings (SSSR count). The molecule has 0 aliphatic carbocycles. The lowest BCUT2D eigenvalue weighted by Gasteiger charge is -2.08. The summed E-state index contributed by atoms with van der Waals surface area (Å²) < 4.78 is 0. The molecule has 0 aliphatic rings. The van der Waals surface area contributed by atoms with Crippen LogP contribution >= 0.6 is 0 Å². The fourth-order valence-electron chi connectivity index (χ4n) is 2.93. The monoisotopic (exact) mass is 492 g/mol. The number of aromatic carboxylic acids is 2. The fraction of sp³-hybridized carbons (Fsp3) is 0.154. The zero-order chi connectivity index (χ0) is 26.5. The number of benzene rings is 3. The summed E-state index contributed by atoms with van der Waals surface area (Å²) in [6.07, 6.45) is 2.13. The fourth-order valence-corrected chi connectivity index (χ4v) is 2.93. The Morgan fingerprint density at radius 2 is 0.944 bits per heavy atom. The molecule has 0 radical (unpaired) electrons. The second kappa shape index (κ2) is 14.0. The first-order chi connectivity index (χ1) is 17.2. The second-order valence-corrected chi connectivity index (χ2v) is 7.54. The topological polar surface area (TPSA) is 185 Å². The van der Waals surface area contributed by atoms with Gasteiger partial charge in [0.1, 0.15) is 0 Å². The van der Waals surface area contributed by atoms with Crippen LogP contribution in [0.1, 0.15) is 54.3 Å². The van der Waals surface area contributed by atoms with Gasteiger partial charge in [0, 0.05) is 22.5 Å². The van der Waals surface area contributed by atoms with Crippen LogP contribution in [-0.2, 0) is 0 Å². The summed E-state index contributed by atoms with van der Waals surface area (Å²) in [6, 6.07) is 17.5. The lowest BCUT2D eigenvalue weighted by Crippen LogP contribution is -2.15. The number of hydrogen-bond acceptors (Lipinski definition) is 6. The third kappa shape index (κ3) is 8.67. The molecule has 0 atom stereocenters. The van der Waals surface area contributed by atoms with Crippen molar-refractivity contribution in [3.63, 3.8) is 0 Å². The molecular weight excluding hydrogens is 464 g/mol. The van der Waals surface area contributed by atoms with Crippen LogP contribution in [0.3, 0.4) is 0 Å². The van der Waals surface area contributed by atoms with Crippen LogP contribution in [0.4, 0.5) is 11.4 Å². The van der Waals surface area contributed by atoms with Gasteiger partial charge in [0.05, 0.1) is 11.1 Å². The molecule has 3 aromatic carbocycles. The summed E-state index contributed by atoms with van der Waals surface area (Å²) in [5, 5.41) is 23.2. The average Bonchev–Trinajstić information content (AvgIpc) is 2.88. The number of nitrogens with two attached hydrogens (primary N) is 2. The van der Waals surface area contributed by atoms with E-state index >= 15 is 0 Å². The lowest BCUT2D eigenvalue weighted by molar-refractivity contribution is 0.0686. The Morgan fingerprint density at radius 3 is 1.25 bits per heavy atom. The standard InChI is InChI=1S/C22H16N2O6.C4H12N2/c25-19(23-17-5-1-3-15(11-17)21(27)28)13-7-9-14(10-8-13)20(26)24-18-6-2-4-16(12-18)22(29)30;5-3-1-2-4-6/h1-12H,(H,23,25)(H,24,26)(H,27,28)(H,29,30);1-6H2. The van der Waals surface area contributed by atoms with Crippen molar-refractivity contribution >= 4 is 35.1 Å². The van der Waals surface area contributed by atoms with E-state index < -0.39 is 23.8 Å². The van der Waals surface area contributed by atoms with E-state index in [2.05, 4.69) is 10.6 Å². The van der Waals surface area contributed by atoms with E-state index in [0.717, 1.165) is 25.9 Å². The minimum absolute atomic E-state index is 0.0480. The molecule has 3 aromatic rings. The maximum atomic E-state index is 12.4. The minimum Gasteiger partial charge on any atom is -0.478 e. The van der Waals surface area contributed by atoms with Gasteiger partial charge in [-0.25, -0.2) is 9.59 Å². The molecule has 0 bridgehead atoms. The Kier molecular flexibility index (Phi) is 10.8. The Morgan fingerprint density at radius 1 is 0.583 bits per heavy atom. The van der Waals surface area contributed by atoms with Crippen LogP contribution in [0, 0.1) is 0 Å². The third-order valence-corrected chi connectivity index (χ3v) is 4.80. The Labute approximate surface area is 207 Å². The van der Waals surface area contributed by atoms with Crippen molar-refractivity contribution in [1.29, 1.82) is 0 Å². The van der Waals surface area contributed by atoms with Gasteiger partial charge in [0.2, 0.25) is 0 Å². The molecule has 2 amide bonds. The molecule has 36 heavy (non-hydrogen) atoms. The molecule has 10 nitrogen and oxygen atoms in total. The normalized spacial score (nSPS) is 9.94. The molecule has 8 N–H and O–H groups in total. The SMILES string of the molecule is NCCCCN.O=C(O)c1cccc(NC(=O)c2ccc(C(=O)Nc3cccc(C(=O)O)c3)cc2)c1. The highest BCUT2D eigenvalue weighted by Gasteiger charge is 2.12. The predicted octanol–water partition coefficient (Wildman–Crippen LogP) is 3.27. The van der Waals surface area contributed by atoms with Crippen molar-refractivity contribution in [2.75, 3.05) is 23.7 Å². The molecule has 0 saturated heterocycles. The maximum Gasteiger partial charge on any atom is 0.335 e. The summed E-state index contributed by atoms with van der Waals surface area (Å²) >= 11 is 0. The van der Waals surface area contributed by atoms with E-state index in [9.17, 15) is 19.2 Å². The molecule has 0 saturated carbocycles. The first-order valence-electron chi connectivity index (χ1n) is 11.0. The molecule has 0 heterocycles. The van der Waals surface area contributed by atoms with Crippen molar-refractivity contribution in [1.82, 2.24) is 0 Å². The van der Waals surface area contributed by atoms with Crippen LogP contribution in [-0.4, -0.2) is 47.1 Å². The van der Waals surface area contributed by atoms with E-state index in [4.69, 9.17) is 21.7 Å². The van der Waals surface area contributed by atoms with Crippen molar-refractivity contribution in [3.05, 3.63) is 95.1 Å². The highest BCUT2D eigenvalue weighted by atomic mass is 16.4. The third-order valence-electron chi connectivity index (χ3n) is 4.80. The molecule has 0 unspecified atom stereocenters. The smallest absolute Gasteiger partial charge is 0.335 e. The van der Waals surface area contributed by atoms with Gasteiger partial charge in [0.25, 0.3) is 11.8 Å². The number of anilines is 2. The van der Waals surface area contributed by atoms with E-state index in [0.29, 0.717) is 11.4 Å². The maximum absolute atomic E-state index is 12.4. The van der Waals surface area contributed by atoms with Crippen molar-refractivity contribution < 1.29 is 29.4 Å². The van der Waals surface area contributed by atoms with Crippen LogP contribution in [0.15, 0.2) is 72.8 Å². The van der Waals surface area contributed by atoms with Gasteiger partial charge in [-0.3, -0.25) is 9.59 Å². The predicted molar refractivity (Wildman–Crippen MR) is 136 cm³/mol. The number of unbranched alkanes of at least 4 members (excludes halogenated alkanes) is 1. The highest BCUT2D eigenvalue weighted by molar-refractivity contribution is 6.07. The highest BCUT2D eigenvalue weighted by Crippen LogP contribution is 2.15. The number of nitrogens with one attached hydrogen (secondary N) is 2. The summed E-state index contributed by atoms with van der Waals surface area (Å²) in [5.74, 6) is -3.12.